The zero-order chi connectivity index (χ0) is 21.6. The lowest BCUT2D eigenvalue weighted by Gasteiger charge is -2.31. The summed E-state index contributed by atoms with van der Waals surface area (Å²) in [6, 6.07) is 11.0. The Hall–Kier alpha value is -2.33. The van der Waals surface area contributed by atoms with Gasteiger partial charge in [0.1, 0.15) is 0 Å². The van der Waals surface area contributed by atoms with Crippen molar-refractivity contribution in [1.29, 1.82) is 0 Å². The van der Waals surface area contributed by atoms with Crippen molar-refractivity contribution in [2.45, 2.75) is 4.90 Å². The van der Waals surface area contributed by atoms with Crippen molar-refractivity contribution < 1.29 is 17.9 Å². The molecule has 2 aromatic rings. The first-order valence-electron chi connectivity index (χ1n) is 9.56. The molecule has 0 aromatic heterocycles. The van der Waals surface area contributed by atoms with Crippen LogP contribution >= 0.6 is 11.6 Å². The van der Waals surface area contributed by atoms with Crippen molar-refractivity contribution >= 4 is 38.9 Å². The molecule has 1 saturated heterocycles. The van der Waals surface area contributed by atoms with Gasteiger partial charge in [-0.15, -0.1) is 0 Å². The summed E-state index contributed by atoms with van der Waals surface area (Å²) in [4.78, 5) is 14.6. The van der Waals surface area contributed by atoms with Crippen molar-refractivity contribution in [2.75, 3.05) is 56.1 Å². The van der Waals surface area contributed by atoms with E-state index in [9.17, 15) is 13.2 Å². The summed E-state index contributed by atoms with van der Waals surface area (Å²) in [5.74, 6) is -0.300. The number of amides is 1. The topological polar surface area (TPSA) is 99.8 Å². The van der Waals surface area contributed by atoms with Crippen LogP contribution in [0, 0.1) is 0 Å². The summed E-state index contributed by atoms with van der Waals surface area (Å²) in [5, 5.41) is 6.47. The summed E-state index contributed by atoms with van der Waals surface area (Å²) in [6.07, 6.45) is 0. The van der Waals surface area contributed by atoms with Gasteiger partial charge in [-0.2, -0.15) is 0 Å². The molecule has 162 valence electrons. The van der Waals surface area contributed by atoms with Gasteiger partial charge in [0.2, 0.25) is 0 Å². The van der Waals surface area contributed by atoms with Crippen molar-refractivity contribution in [3.8, 4) is 0 Å². The average Bonchev–Trinajstić information content (AvgIpc) is 2.74. The Bertz CT molecular complexity index is 977. The highest BCUT2D eigenvalue weighted by atomic mass is 35.5. The largest absolute Gasteiger partial charge is 0.383 e. The Labute approximate surface area is 181 Å². The van der Waals surface area contributed by atoms with Crippen LogP contribution in [0.25, 0.3) is 0 Å². The number of carbonyl (C=O) groups is 1. The molecule has 0 radical (unpaired) electrons. The van der Waals surface area contributed by atoms with Crippen LogP contribution in [0.3, 0.4) is 0 Å². The molecule has 3 N–H and O–H groups in total. The van der Waals surface area contributed by atoms with Crippen LogP contribution in [0.1, 0.15) is 10.4 Å². The molecule has 1 heterocycles. The van der Waals surface area contributed by atoms with Gasteiger partial charge in [-0.3, -0.25) is 9.52 Å². The van der Waals surface area contributed by atoms with Gasteiger partial charge in [-0.05, 0) is 42.5 Å². The van der Waals surface area contributed by atoms with Crippen LogP contribution in [-0.2, 0) is 14.8 Å². The Morgan fingerprint density at radius 3 is 2.53 bits per heavy atom. The molecule has 0 unspecified atom stereocenters. The Morgan fingerprint density at radius 2 is 1.87 bits per heavy atom. The second kappa shape index (κ2) is 10.1. The minimum atomic E-state index is -3.86. The third kappa shape index (κ3) is 5.63. The number of benzene rings is 2. The predicted octanol–water partition coefficient (Wildman–Crippen LogP) is 1.93. The van der Waals surface area contributed by atoms with E-state index in [0.717, 1.165) is 31.9 Å². The summed E-state index contributed by atoms with van der Waals surface area (Å²) in [7, 11) is -2.30. The lowest BCUT2D eigenvalue weighted by atomic mass is 10.1. The van der Waals surface area contributed by atoms with Gasteiger partial charge >= 0.3 is 0 Å². The van der Waals surface area contributed by atoms with Crippen LogP contribution in [0.4, 0.5) is 11.4 Å². The zero-order valence-corrected chi connectivity index (χ0v) is 18.2. The standard InChI is InChI=1S/C20H25ClN4O4S/c1-29-13-10-23-20(26)15-2-7-19(25-11-8-22-9-12-25)18(14-15)24-30(27,28)17-5-3-16(21)4-6-17/h2-7,14,22,24H,8-13H2,1H3,(H,23,26). The molecular formula is C20H25ClN4O4S. The number of nitrogens with one attached hydrogen (secondary N) is 3. The Morgan fingerprint density at radius 1 is 1.17 bits per heavy atom. The lowest BCUT2D eigenvalue weighted by molar-refractivity contribution is 0.0937. The van der Waals surface area contributed by atoms with Gasteiger partial charge in [-0.1, -0.05) is 11.6 Å². The van der Waals surface area contributed by atoms with E-state index in [2.05, 4.69) is 20.3 Å². The van der Waals surface area contributed by atoms with Crippen molar-refractivity contribution in [2.24, 2.45) is 0 Å². The maximum atomic E-state index is 12.9. The fourth-order valence-electron chi connectivity index (χ4n) is 3.13. The fourth-order valence-corrected chi connectivity index (χ4v) is 4.32. The molecule has 8 nitrogen and oxygen atoms in total. The Balaban J connectivity index is 1.92. The molecule has 1 aliphatic rings. The van der Waals surface area contributed by atoms with Crippen LogP contribution in [-0.4, -0.2) is 60.8 Å². The number of sulfonamides is 1. The van der Waals surface area contributed by atoms with E-state index < -0.39 is 10.0 Å². The highest BCUT2D eigenvalue weighted by Crippen LogP contribution is 2.30. The van der Waals surface area contributed by atoms with E-state index in [1.165, 1.54) is 24.3 Å². The van der Waals surface area contributed by atoms with Crippen LogP contribution in [0.2, 0.25) is 5.02 Å². The molecule has 1 aliphatic heterocycles. The average molecular weight is 453 g/mol. The van der Waals surface area contributed by atoms with E-state index in [1.54, 1.807) is 25.3 Å². The number of hydrogen-bond acceptors (Lipinski definition) is 6. The molecule has 10 heteroatoms. The number of halogens is 1. The minimum absolute atomic E-state index is 0.0908. The second-order valence-electron chi connectivity index (χ2n) is 6.78. The first-order valence-corrected chi connectivity index (χ1v) is 11.4. The van der Waals surface area contributed by atoms with E-state index in [0.29, 0.717) is 29.4 Å². The van der Waals surface area contributed by atoms with E-state index >= 15 is 0 Å². The molecule has 0 spiro atoms. The van der Waals surface area contributed by atoms with Crippen LogP contribution in [0.15, 0.2) is 47.4 Å². The number of rotatable bonds is 8. The summed E-state index contributed by atoms with van der Waals surface area (Å²) in [6.45, 7) is 3.80. The molecule has 0 atom stereocenters. The van der Waals surface area contributed by atoms with Gasteiger partial charge in [-0.25, -0.2) is 8.42 Å². The number of carbonyl (C=O) groups excluding carboxylic acids is 1. The molecule has 3 rings (SSSR count). The smallest absolute Gasteiger partial charge is 0.261 e. The maximum Gasteiger partial charge on any atom is 0.261 e. The number of hydrogen-bond donors (Lipinski definition) is 3. The minimum Gasteiger partial charge on any atom is -0.383 e. The monoisotopic (exact) mass is 452 g/mol. The molecule has 0 bridgehead atoms. The normalized spacial score (nSPS) is 14.4. The number of piperazine rings is 1. The SMILES string of the molecule is COCCNC(=O)c1ccc(N2CCNCC2)c(NS(=O)(=O)c2ccc(Cl)cc2)c1. The lowest BCUT2D eigenvalue weighted by Crippen LogP contribution is -2.43. The fraction of sp³-hybridized carbons (Fsp3) is 0.350. The van der Waals surface area contributed by atoms with E-state index in [4.69, 9.17) is 16.3 Å². The van der Waals surface area contributed by atoms with Gasteiger partial charge in [0, 0.05) is 50.4 Å². The zero-order valence-electron chi connectivity index (χ0n) is 16.7. The van der Waals surface area contributed by atoms with Crippen LogP contribution in [0.5, 0.6) is 0 Å². The number of methoxy groups -OCH3 is 1. The molecular weight excluding hydrogens is 428 g/mol. The number of anilines is 2. The van der Waals surface area contributed by atoms with Gasteiger partial charge in [0.25, 0.3) is 15.9 Å². The summed E-state index contributed by atoms with van der Waals surface area (Å²) in [5.41, 5.74) is 1.44. The summed E-state index contributed by atoms with van der Waals surface area (Å²) < 4.78 is 33.5. The van der Waals surface area contributed by atoms with Crippen molar-refractivity contribution in [1.82, 2.24) is 10.6 Å². The molecule has 1 amide bonds. The molecule has 0 aliphatic carbocycles. The highest BCUT2D eigenvalue weighted by molar-refractivity contribution is 7.92. The number of nitrogens with zero attached hydrogens (tertiary/aromatic N) is 1. The predicted molar refractivity (Wildman–Crippen MR) is 118 cm³/mol. The molecule has 1 fully saturated rings. The quantitative estimate of drug-likeness (QED) is 0.529. The highest BCUT2D eigenvalue weighted by Gasteiger charge is 2.21. The van der Waals surface area contributed by atoms with E-state index in [1.807, 2.05) is 0 Å². The van der Waals surface area contributed by atoms with Crippen molar-refractivity contribution in [3.63, 3.8) is 0 Å². The van der Waals surface area contributed by atoms with Gasteiger partial charge in [0.15, 0.2) is 0 Å². The maximum absolute atomic E-state index is 12.9. The van der Waals surface area contributed by atoms with Gasteiger partial charge in [0.05, 0.1) is 22.9 Å². The first-order chi connectivity index (χ1) is 14.4. The third-order valence-corrected chi connectivity index (χ3v) is 6.31. The third-order valence-electron chi connectivity index (χ3n) is 4.68. The Kier molecular flexibility index (Phi) is 7.54. The second-order valence-corrected chi connectivity index (χ2v) is 8.90. The molecule has 30 heavy (non-hydrogen) atoms. The van der Waals surface area contributed by atoms with E-state index in [-0.39, 0.29) is 10.8 Å². The van der Waals surface area contributed by atoms with Gasteiger partial charge < -0.3 is 20.3 Å². The first kappa shape index (κ1) is 22.4. The summed E-state index contributed by atoms with van der Waals surface area (Å²) >= 11 is 5.88. The van der Waals surface area contributed by atoms with Crippen molar-refractivity contribution in [3.05, 3.63) is 53.1 Å². The van der Waals surface area contributed by atoms with Crippen LogP contribution < -0.4 is 20.3 Å². The molecule has 2 aromatic carbocycles. The number of ether oxygens (including phenoxy) is 1. The molecule has 0 saturated carbocycles.